The van der Waals surface area contributed by atoms with Crippen LogP contribution in [-0.4, -0.2) is 33.1 Å². The van der Waals surface area contributed by atoms with Gasteiger partial charge in [0.05, 0.1) is 13.7 Å². The number of methoxy groups -OCH3 is 1. The van der Waals surface area contributed by atoms with Gasteiger partial charge >= 0.3 is 6.03 Å². The van der Waals surface area contributed by atoms with Crippen molar-refractivity contribution in [3.8, 4) is 23.0 Å². The Bertz CT molecular complexity index is 763. The third kappa shape index (κ3) is 4.26. The Morgan fingerprint density at radius 2 is 1.96 bits per heavy atom. The summed E-state index contributed by atoms with van der Waals surface area (Å²) < 4.78 is 21.4. The summed E-state index contributed by atoms with van der Waals surface area (Å²) in [5, 5.41) is 5.46. The summed E-state index contributed by atoms with van der Waals surface area (Å²) in [6.45, 7) is 2.86. The van der Waals surface area contributed by atoms with Crippen molar-refractivity contribution in [1.29, 1.82) is 0 Å². The molecule has 1 heterocycles. The zero-order valence-corrected chi connectivity index (χ0v) is 14.1. The van der Waals surface area contributed by atoms with E-state index in [1.807, 2.05) is 25.1 Å². The van der Waals surface area contributed by atoms with E-state index in [0.29, 0.717) is 41.8 Å². The number of hydrogen-bond acceptors (Lipinski definition) is 5. The summed E-state index contributed by atoms with van der Waals surface area (Å²) in [4.78, 5) is 11.9. The fourth-order valence-electron chi connectivity index (χ4n) is 2.37. The van der Waals surface area contributed by atoms with Gasteiger partial charge in [-0.05, 0) is 36.8 Å². The van der Waals surface area contributed by atoms with Crippen LogP contribution < -0.4 is 29.6 Å². The Balaban J connectivity index is 1.44. The number of hydrogen-bond donors (Lipinski definition) is 2. The van der Waals surface area contributed by atoms with Crippen LogP contribution in [0, 0.1) is 6.92 Å². The zero-order chi connectivity index (χ0) is 17.6. The van der Waals surface area contributed by atoms with Crippen molar-refractivity contribution in [3.63, 3.8) is 0 Å². The molecule has 2 aromatic rings. The molecule has 0 radical (unpaired) electrons. The number of fused-ring (bicyclic) bond motifs is 1. The Morgan fingerprint density at radius 3 is 2.80 bits per heavy atom. The van der Waals surface area contributed by atoms with Crippen LogP contribution in [0.25, 0.3) is 0 Å². The fraction of sp³-hybridized carbons (Fsp3) is 0.278. The van der Waals surface area contributed by atoms with Crippen LogP contribution in [0.1, 0.15) is 5.56 Å². The molecule has 2 amide bonds. The maximum atomic E-state index is 11.9. The largest absolute Gasteiger partial charge is 0.493 e. The van der Waals surface area contributed by atoms with E-state index in [2.05, 4.69) is 10.6 Å². The monoisotopic (exact) mass is 344 g/mol. The third-order valence-corrected chi connectivity index (χ3v) is 3.59. The molecule has 132 valence electrons. The molecule has 1 aliphatic heterocycles. The van der Waals surface area contributed by atoms with Crippen molar-refractivity contribution >= 4 is 11.7 Å². The maximum Gasteiger partial charge on any atom is 0.319 e. The number of ether oxygens (including phenoxy) is 4. The quantitative estimate of drug-likeness (QED) is 0.788. The molecule has 0 atom stereocenters. The number of amides is 2. The summed E-state index contributed by atoms with van der Waals surface area (Å²) in [5.41, 5.74) is 1.72. The predicted molar refractivity (Wildman–Crippen MR) is 92.8 cm³/mol. The number of rotatable bonds is 6. The number of carbonyl (C=O) groups excluding carboxylic acids is 1. The SMILES string of the molecule is COc1cc(C)ccc1OCCNC(=O)Nc1ccc2c(c1)OCO2. The second-order valence-electron chi connectivity index (χ2n) is 5.45. The van der Waals surface area contributed by atoms with E-state index in [-0.39, 0.29) is 12.8 Å². The number of aryl methyl sites for hydroxylation is 1. The maximum absolute atomic E-state index is 11.9. The Hall–Kier alpha value is -3.09. The van der Waals surface area contributed by atoms with Crippen molar-refractivity contribution < 1.29 is 23.7 Å². The number of urea groups is 1. The van der Waals surface area contributed by atoms with Crippen LogP contribution in [0.3, 0.4) is 0 Å². The molecule has 25 heavy (non-hydrogen) atoms. The van der Waals surface area contributed by atoms with Crippen LogP contribution in [-0.2, 0) is 0 Å². The lowest BCUT2D eigenvalue weighted by molar-refractivity contribution is 0.174. The van der Waals surface area contributed by atoms with E-state index < -0.39 is 0 Å². The van der Waals surface area contributed by atoms with E-state index in [9.17, 15) is 4.79 Å². The third-order valence-electron chi connectivity index (χ3n) is 3.59. The molecule has 7 heteroatoms. The lowest BCUT2D eigenvalue weighted by atomic mass is 10.2. The van der Waals surface area contributed by atoms with Crippen molar-refractivity contribution in [2.75, 3.05) is 32.4 Å². The van der Waals surface area contributed by atoms with Crippen LogP contribution in [0.15, 0.2) is 36.4 Å². The molecular weight excluding hydrogens is 324 g/mol. The highest BCUT2D eigenvalue weighted by molar-refractivity contribution is 5.89. The van der Waals surface area contributed by atoms with E-state index >= 15 is 0 Å². The minimum absolute atomic E-state index is 0.199. The van der Waals surface area contributed by atoms with Gasteiger partial charge in [0.25, 0.3) is 0 Å². The second-order valence-corrected chi connectivity index (χ2v) is 5.45. The Labute approximate surface area is 145 Å². The predicted octanol–water partition coefficient (Wildman–Crippen LogP) is 2.93. The molecule has 0 saturated carbocycles. The first-order valence-corrected chi connectivity index (χ1v) is 7.87. The van der Waals surface area contributed by atoms with Gasteiger partial charge in [-0.25, -0.2) is 4.79 Å². The summed E-state index contributed by atoms with van der Waals surface area (Å²) >= 11 is 0. The van der Waals surface area contributed by atoms with Gasteiger partial charge in [0.1, 0.15) is 6.61 Å². The summed E-state index contributed by atoms with van der Waals surface area (Å²) in [7, 11) is 1.60. The minimum atomic E-state index is -0.321. The molecule has 0 unspecified atom stereocenters. The van der Waals surface area contributed by atoms with Gasteiger partial charge in [-0.15, -0.1) is 0 Å². The average molecular weight is 344 g/mol. The summed E-state index contributed by atoms with van der Waals surface area (Å²) in [6.07, 6.45) is 0. The van der Waals surface area contributed by atoms with E-state index in [1.54, 1.807) is 25.3 Å². The molecule has 0 saturated heterocycles. The fourth-order valence-corrected chi connectivity index (χ4v) is 2.37. The van der Waals surface area contributed by atoms with Gasteiger partial charge in [-0.3, -0.25) is 0 Å². The zero-order valence-electron chi connectivity index (χ0n) is 14.1. The number of nitrogens with one attached hydrogen (secondary N) is 2. The first-order valence-electron chi connectivity index (χ1n) is 7.87. The van der Waals surface area contributed by atoms with E-state index in [0.717, 1.165) is 5.56 Å². The first-order chi connectivity index (χ1) is 12.2. The molecule has 2 aromatic carbocycles. The molecule has 3 rings (SSSR count). The molecule has 0 bridgehead atoms. The van der Waals surface area contributed by atoms with Crippen molar-refractivity contribution in [2.24, 2.45) is 0 Å². The molecule has 0 aliphatic carbocycles. The van der Waals surface area contributed by atoms with E-state index in [1.165, 1.54) is 0 Å². The lowest BCUT2D eigenvalue weighted by Crippen LogP contribution is -2.32. The minimum Gasteiger partial charge on any atom is -0.493 e. The summed E-state index contributed by atoms with van der Waals surface area (Å²) in [5.74, 6) is 2.61. The van der Waals surface area contributed by atoms with Gasteiger partial charge in [0.2, 0.25) is 6.79 Å². The highest BCUT2D eigenvalue weighted by atomic mass is 16.7. The summed E-state index contributed by atoms with van der Waals surface area (Å²) in [6, 6.07) is 10.6. The Morgan fingerprint density at radius 1 is 1.12 bits per heavy atom. The smallest absolute Gasteiger partial charge is 0.319 e. The van der Waals surface area contributed by atoms with Gasteiger partial charge < -0.3 is 29.6 Å². The molecule has 0 spiro atoms. The number of benzene rings is 2. The van der Waals surface area contributed by atoms with Crippen molar-refractivity contribution in [1.82, 2.24) is 5.32 Å². The normalized spacial score (nSPS) is 11.8. The molecular formula is C18H20N2O5. The van der Waals surface area contributed by atoms with Gasteiger partial charge in [-0.2, -0.15) is 0 Å². The molecule has 1 aliphatic rings. The second kappa shape index (κ2) is 7.65. The highest BCUT2D eigenvalue weighted by Gasteiger charge is 2.14. The molecule has 0 fully saturated rings. The number of carbonyl (C=O) groups is 1. The van der Waals surface area contributed by atoms with Crippen LogP contribution >= 0.6 is 0 Å². The van der Waals surface area contributed by atoms with Gasteiger partial charge in [0, 0.05) is 11.8 Å². The molecule has 7 nitrogen and oxygen atoms in total. The molecule has 2 N–H and O–H groups in total. The van der Waals surface area contributed by atoms with Crippen LogP contribution in [0.4, 0.5) is 10.5 Å². The molecule has 0 aromatic heterocycles. The lowest BCUT2D eigenvalue weighted by Gasteiger charge is -2.12. The standard InChI is InChI=1S/C18H20N2O5/c1-12-3-5-14(16(9-12)22-2)23-8-7-19-18(21)20-13-4-6-15-17(10-13)25-11-24-15/h3-6,9-10H,7-8,11H2,1-2H3,(H2,19,20,21). The van der Waals surface area contributed by atoms with Crippen LogP contribution in [0.5, 0.6) is 23.0 Å². The highest BCUT2D eigenvalue weighted by Crippen LogP contribution is 2.34. The van der Waals surface area contributed by atoms with Crippen molar-refractivity contribution in [2.45, 2.75) is 6.92 Å². The Kier molecular flexibility index (Phi) is 5.13. The average Bonchev–Trinajstić information content (AvgIpc) is 3.07. The van der Waals surface area contributed by atoms with Gasteiger partial charge in [-0.1, -0.05) is 6.07 Å². The number of anilines is 1. The first kappa shape index (κ1) is 16.8. The van der Waals surface area contributed by atoms with Gasteiger partial charge in [0.15, 0.2) is 23.0 Å². The topological polar surface area (TPSA) is 78.1 Å². The van der Waals surface area contributed by atoms with Crippen LogP contribution in [0.2, 0.25) is 0 Å². The van der Waals surface area contributed by atoms with Crippen molar-refractivity contribution in [3.05, 3.63) is 42.0 Å². The van der Waals surface area contributed by atoms with E-state index in [4.69, 9.17) is 18.9 Å².